The summed E-state index contributed by atoms with van der Waals surface area (Å²) < 4.78 is 10.3. The molecule has 2 aliphatic rings. The van der Waals surface area contributed by atoms with Crippen LogP contribution in [0.15, 0.2) is 49.2 Å². The second-order valence-corrected chi connectivity index (χ2v) is 10.0. The summed E-state index contributed by atoms with van der Waals surface area (Å²) in [5.41, 5.74) is 4.15. The monoisotopic (exact) mass is 483 g/mol. The minimum Gasteiger partial charge on any atom is -0.492 e. The third-order valence-corrected chi connectivity index (χ3v) is 6.95. The van der Waals surface area contributed by atoms with Crippen molar-refractivity contribution < 1.29 is 9.53 Å². The Balaban J connectivity index is 1.41. The van der Waals surface area contributed by atoms with E-state index in [0.29, 0.717) is 41.2 Å². The molecule has 1 amide bonds. The first kappa shape index (κ1) is 22.5. The minimum atomic E-state index is -0.280. The smallest absolute Gasteiger partial charge is 0.260 e. The SMILES string of the molecule is Cc1cc2c(cc1-n1cnc(C3CC3)c1)C(=O)Nc1cccc(n1)-c1nncn1[C@@H](C)C[C@@H](C)CO2. The molecule has 1 N–H and O–H groups in total. The van der Waals surface area contributed by atoms with Crippen LogP contribution in [-0.2, 0) is 0 Å². The van der Waals surface area contributed by atoms with Crippen LogP contribution in [0.5, 0.6) is 5.75 Å². The molecule has 0 radical (unpaired) electrons. The molecule has 4 heterocycles. The Morgan fingerprint density at radius 3 is 2.83 bits per heavy atom. The zero-order valence-electron chi connectivity index (χ0n) is 20.7. The van der Waals surface area contributed by atoms with E-state index in [1.165, 1.54) is 12.8 Å². The number of rotatable bonds is 2. The van der Waals surface area contributed by atoms with Crippen molar-refractivity contribution in [2.24, 2.45) is 5.92 Å². The van der Waals surface area contributed by atoms with Gasteiger partial charge in [0.15, 0.2) is 5.82 Å². The number of hydrogen-bond donors (Lipinski definition) is 1. The number of imidazole rings is 1. The average Bonchev–Trinajstić information content (AvgIpc) is 3.38. The van der Waals surface area contributed by atoms with Crippen LogP contribution in [0, 0.1) is 12.8 Å². The summed E-state index contributed by atoms with van der Waals surface area (Å²) in [5, 5.41) is 11.4. The Labute approximate surface area is 209 Å². The molecule has 4 aromatic rings. The van der Waals surface area contributed by atoms with Gasteiger partial charge in [-0.3, -0.25) is 4.79 Å². The zero-order valence-corrected chi connectivity index (χ0v) is 20.7. The van der Waals surface area contributed by atoms with Crippen LogP contribution in [0.2, 0.25) is 0 Å². The van der Waals surface area contributed by atoms with E-state index >= 15 is 0 Å². The van der Waals surface area contributed by atoms with Gasteiger partial charge in [-0.25, -0.2) is 9.97 Å². The number of fused-ring (bicyclic) bond motifs is 5. The lowest BCUT2D eigenvalue weighted by Crippen LogP contribution is -2.19. The lowest BCUT2D eigenvalue weighted by Gasteiger charge is -2.22. The second-order valence-electron chi connectivity index (χ2n) is 10.0. The number of carbonyl (C=O) groups is 1. The standard InChI is InChI=1S/C27H29N7O2/c1-16-9-18(3)34-15-29-32-26(34)21-5-4-6-25(30-21)31-27(35)20-11-23(17(2)10-24(20)36-13-16)33-12-22(28-14-33)19-7-8-19/h4-6,10-12,14-16,18-19H,7-9,13H2,1-3H3,(H,30,31,35)/t16-,18+/m1/s1. The number of benzene rings is 1. The highest BCUT2D eigenvalue weighted by Gasteiger charge is 2.26. The lowest BCUT2D eigenvalue weighted by molar-refractivity contribution is 0.102. The summed E-state index contributed by atoms with van der Waals surface area (Å²) in [6.45, 7) is 6.81. The number of nitrogens with zero attached hydrogens (tertiary/aromatic N) is 6. The van der Waals surface area contributed by atoms with Gasteiger partial charge in [0.2, 0.25) is 0 Å². The van der Waals surface area contributed by atoms with Crippen molar-refractivity contribution in [3.05, 3.63) is 66.0 Å². The minimum absolute atomic E-state index is 0.155. The lowest BCUT2D eigenvalue weighted by atomic mass is 10.0. The Morgan fingerprint density at radius 1 is 1.14 bits per heavy atom. The van der Waals surface area contributed by atoms with E-state index in [-0.39, 0.29) is 17.9 Å². The van der Waals surface area contributed by atoms with Gasteiger partial charge in [0.25, 0.3) is 5.91 Å². The quantitative estimate of drug-likeness (QED) is 0.433. The second kappa shape index (κ2) is 8.89. The van der Waals surface area contributed by atoms with E-state index < -0.39 is 0 Å². The molecule has 9 nitrogen and oxygen atoms in total. The Kier molecular flexibility index (Phi) is 5.55. The van der Waals surface area contributed by atoms with E-state index in [0.717, 1.165) is 23.4 Å². The molecule has 1 aromatic carbocycles. The van der Waals surface area contributed by atoms with E-state index in [1.54, 1.807) is 12.4 Å². The van der Waals surface area contributed by atoms with Crippen LogP contribution in [0.1, 0.15) is 66.7 Å². The Bertz CT molecular complexity index is 1440. The highest BCUT2D eigenvalue weighted by molar-refractivity contribution is 6.06. The van der Waals surface area contributed by atoms with Crippen molar-refractivity contribution in [3.63, 3.8) is 0 Å². The highest BCUT2D eigenvalue weighted by Crippen LogP contribution is 2.39. The molecule has 2 bridgehead atoms. The number of amides is 1. The number of hydrogen-bond acceptors (Lipinski definition) is 6. The fourth-order valence-electron chi connectivity index (χ4n) is 4.86. The number of nitrogens with one attached hydrogen (secondary N) is 1. The van der Waals surface area contributed by atoms with Gasteiger partial charge in [-0.2, -0.15) is 0 Å². The Hall–Kier alpha value is -4.01. The molecule has 1 saturated carbocycles. The van der Waals surface area contributed by atoms with Gasteiger partial charge in [0.05, 0.1) is 29.9 Å². The van der Waals surface area contributed by atoms with Crippen molar-refractivity contribution >= 4 is 11.7 Å². The zero-order chi connectivity index (χ0) is 24.8. The van der Waals surface area contributed by atoms with Crippen molar-refractivity contribution in [1.29, 1.82) is 0 Å². The maximum atomic E-state index is 13.5. The van der Waals surface area contributed by atoms with Gasteiger partial charge in [-0.15, -0.1) is 10.2 Å². The molecule has 0 saturated heterocycles. The summed E-state index contributed by atoms with van der Waals surface area (Å²) >= 11 is 0. The van der Waals surface area contributed by atoms with Gasteiger partial charge in [-0.05, 0) is 68.9 Å². The number of pyridine rings is 1. The summed E-state index contributed by atoms with van der Waals surface area (Å²) in [6, 6.07) is 9.50. The molecule has 3 aromatic heterocycles. The number of ether oxygens (including phenoxy) is 1. The maximum Gasteiger partial charge on any atom is 0.260 e. The van der Waals surface area contributed by atoms with Crippen LogP contribution >= 0.6 is 0 Å². The molecule has 1 aliphatic carbocycles. The van der Waals surface area contributed by atoms with Gasteiger partial charge in [-0.1, -0.05) is 13.0 Å². The van der Waals surface area contributed by atoms with Crippen LogP contribution in [0.4, 0.5) is 5.82 Å². The van der Waals surface area contributed by atoms with Gasteiger partial charge in [0.1, 0.15) is 23.6 Å². The predicted octanol–water partition coefficient (Wildman–Crippen LogP) is 4.94. The van der Waals surface area contributed by atoms with E-state index in [2.05, 4.69) is 45.5 Å². The first-order valence-corrected chi connectivity index (χ1v) is 12.5. The van der Waals surface area contributed by atoms with E-state index in [9.17, 15) is 4.79 Å². The van der Waals surface area contributed by atoms with Crippen molar-refractivity contribution in [1.82, 2.24) is 29.3 Å². The first-order chi connectivity index (χ1) is 17.5. The van der Waals surface area contributed by atoms with Gasteiger partial charge >= 0.3 is 0 Å². The van der Waals surface area contributed by atoms with E-state index in [1.807, 2.05) is 46.7 Å². The van der Waals surface area contributed by atoms with Crippen molar-refractivity contribution in [3.8, 4) is 23.0 Å². The van der Waals surface area contributed by atoms with Crippen LogP contribution in [0.3, 0.4) is 0 Å². The summed E-state index contributed by atoms with van der Waals surface area (Å²) in [4.78, 5) is 22.8. The summed E-state index contributed by atoms with van der Waals surface area (Å²) in [6.07, 6.45) is 8.87. The molecule has 1 fully saturated rings. The molecule has 184 valence electrons. The van der Waals surface area contributed by atoms with Crippen molar-refractivity contribution in [2.45, 2.75) is 52.0 Å². The number of aryl methyl sites for hydroxylation is 1. The van der Waals surface area contributed by atoms with Gasteiger partial charge in [0, 0.05) is 18.2 Å². The van der Waals surface area contributed by atoms with Crippen LogP contribution in [-0.4, -0.2) is 41.8 Å². The normalized spacial score (nSPS) is 20.0. The topological polar surface area (TPSA) is 99.8 Å². The molecular formula is C27H29N7O2. The number of anilines is 1. The summed E-state index contributed by atoms with van der Waals surface area (Å²) in [7, 11) is 0. The third kappa shape index (κ3) is 4.25. The fraction of sp³-hybridized carbons (Fsp3) is 0.370. The largest absolute Gasteiger partial charge is 0.492 e. The molecule has 2 atom stereocenters. The summed E-state index contributed by atoms with van der Waals surface area (Å²) in [5.74, 6) is 2.20. The molecular weight excluding hydrogens is 454 g/mol. The fourth-order valence-corrected chi connectivity index (χ4v) is 4.86. The van der Waals surface area contributed by atoms with Crippen molar-refractivity contribution in [2.75, 3.05) is 11.9 Å². The molecule has 1 aliphatic heterocycles. The molecule has 9 heteroatoms. The van der Waals surface area contributed by atoms with Crippen LogP contribution in [0.25, 0.3) is 17.2 Å². The molecule has 36 heavy (non-hydrogen) atoms. The maximum absolute atomic E-state index is 13.5. The molecule has 0 spiro atoms. The van der Waals surface area contributed by atoms with E-state index in [4.69, 9.17) is 4.74 Å². The molecule has 6 rings (SSSR count). The third-order valence-electron chi connectivity index (χ3n) is 6.95. The predicted molar refractivity (Wildman–Crippen MR) is 135 cm³/mol. The highest BCUT2D eigenvalue weighted by atomic mass is 16.5. The molecule has 0 unspecified atom stereocenters. The number of carbonyl (C=O) groups excluding carboxylic acids is 1. The Morgan fingerprint density at radius 2 is 2.00 bits per heavy atom. The first-order valence-electron chi connectivity index (χ1n) is 12.5. The average molecular weight is 484 g/mol. The van der Waals surface area contributed by atoms with Gasteiger partial charge < -0.3 is 19.2 Å². The number of aromatic nitrogens is 6. The van der Waals surface area contributed by atoms with Crippen LogP contribution < -0.4 is 10.1 Å².